The summed E-state index contributed by atoms with van der Waals surface area (Å²) in [7, 11) is 0. The van der Waals surface area contributed by atoms with Gasteiger partial charge in [-0.2, -0.15) is 0 Å². The smallest absolute Gasteiger partial charge is 0 e. The van der Waals surface area contributed by atoms with Crippen LogP contribution in [-0.4, -0.2) is 0 Å². The molecule has 1 aliphatic carbocycles. The molecule has 4 heteroatoms. The Morgan fingerprint density at radius 2 is 1.67 bits per heavy atom. The molecule has 1 atom stereocenters. The van der Waals surface area contributed by atoms with E-state index >= 15 is 0 Å². The first kappa shape index (κ1) is 24.7. The molecule has 1 unspecified atom stereocenters. The Morgan fingerprint density at radius 1 is 1.10 bits per heavy atom. The summed E-state index contributed by atoms with van der Waals surface area (Å²) < 4.78 is 22.5. The second-order valence-electron chi connectivity index (χ2n) is 4.15. The molecule has 0 bridgehead atoms. The Labute approximate surface area is 137 Å². The van der Waals surface area contributed by atoms with Gasteiger partial charge < -0.3 is 0 Å². The van der Waals surface area contributed by atoms with Gasteiger partial charge in [0, 0.05) is 17.4 Å². The summed E-state index contributed by atoms with van der Waals surface area (Å²) in [6, 6.07) is 8.93. The molecule has 2 rings (SSSR count). The minimum absolute atomic E-state index is 0. The molecular weight excluding hydrogens is 304 g/mol. The monoisotopic (exact) mass is 322 g/mol. The van der Waals surface area contributed by atoms with Crippen LogP contribution in [0, 0.1) is 20.0 Å². The largest absolute Gasteiger partial charge is 0 e. The van der Waals surface area contributed by atoms with Crippen LogP contribution in [0.4, 0.5) is 0 Å². The molecule has 1 aliphatic rings. The maximum absolute atomic E-state index is 7.50. The van der Waals surface area contributed by atoms with Crippen molar-refractivity contribution >= 4 is 0 Å². The summed E-state index contributed by atoms with van der Waals surface area (Å²) in [4.78, 5) is 0. The number of allylic oxidation sites excluding steroid dienone is 1. The van der Waals surface area contributed by atoms with E-state index in [0.717, 1.165) is 12.3 Å². The van der Waals surface area contributed by atoms with Crippen molar-refractivity contribution in [3.8, 4) is 0 Å². The van der Waals surface area contributed by atoms with Crippen molar-refractivity contribution in [2.24, 2.45) is 0 Å². The third-order valence-electron chi connectivity index (χ3n) is 3.21. The maximum Gasteiger partial charge on any atom is 0 e. The Bertz CT molecular complexity index is 421. The van der Waals surface area contributed by atoms with Gasteiger partial charge in [-0.15, -0.1) is 6.58 Å². The van der Waals surface area contributed by atoms with Gasteiger partial charge in [0.1, 0.15) is 0 Å². The van der Waals surface area contributed by atoms with Crippen molar-refractivity contribution in [3.05, 3.63) is 68.0 Å². The Balaban J connectivity index is -0.000000414. The predicted molar refractivity (Wildman–Crippen MR) is 73.3 cm³/mol. The van der Waals surface area contributed by atoms with E-state index in [4.69, 9.17) is 14.0 Å². The first-order valence-corrected chi connectivity index (χ1v) is 6.21. The van der Waals surface area contributed by atoms with Gasteiger partial charge >= 0.3 is 33.9 Å². The topological polar surface area (TPSA) is 59.7 Å². The number of hydrogen-bond acceptors (Lipinski definition) is 0. The first-order chi connectivity index (χ1) is 9.92. The van der Waals surface area contributed by atoms with Crippen LogP contribution < -0.4 is 0 Å². The van der Waals surface area contributed by atoms with E-state index in [-0.39, 0.29) is 17.4 Å². The molecule has 0 spiro atoms. The van der Waals surface area contributed by atoms with Gasteiger partial charge in [0.05, 0.1) is 0 Å². The number of hydrogen-bond donors (Lipinski definition) is 0. The second kappa shape index (κ2) is 18.7. The van der Waals surface area contributed by atoms with Gasteiger partial charge in [-0.25, -0.2) is 0 Å². The molecule has 0 radical (unpaired) electrons. The zero-order valence-electron chi connectivity index (χ0n) is 11.8. The third-order valence-corrected chi connectivity index (χ3v) is 3.21. The van der Waals surface area contributed by atoms with Crippen molar-refractivity contribution in [3.63, 3.8) is 0 Å². The Hall–Kier alpha value is -1.29. The van der Waals surface area contributed by atoms with Crippen molar-refractivity contribution in [1.29, 1.82) is 0 Å². The van der Waals surface area contributed by atoms with Gasteiger partial charge in [0.15, 0.2) is 0 Å². The maximum atomic E-state index is 7.50. The fourth-order valence-electron chi connectivity index (χ4n) is 2.47. The molecule has 110 valence electrons. The molecule has 1 aromatic rings. The van der Waals surface area contributed by atoms with Gasteiger partial charge in [-0.1, -0.05) is 30.3 Å². The van der Waals surface area contributed by atoms with Gasteiger partial charge in [0.2, 0.25) is 0 Å². The van der Waals surface area contributed by atoms with E-state index in [0.29, 0.717) is 0 Å². The molecule has 1 aromatic carbocycles. The standard InChI is InChI=1S/C14H18.3CO.Cr/c1-2-3-7-12-9-6-10-13-8-4-5-11-14(12)13;3*1-2;/h2,4-5,8,11-12H,1,3,6-7,9-10H2;;;;. The Morgan fingerprint density at radius 3 is 2.24 bits per heavy atom. The summed E-state index contributed by atoms with van der Waals surface area (Å²) in [6.45, 7) is 17.3. The van der Waals surface area contributed by atoms with E-state index in [9.17, 15) is 0 Å². The van der Waals surface area contributed by atoms with Crippen LogP contribution in [0.1, 0.15) is 42.7 Å². The van der Waals surface area contributed by atoms with Crippen LogP contribution >= 0.6 is 0 Å². The third kappa shape index (κ3) is 9.30. The Kier molecular flexibility index (Phi) is 22.0. The average molecular weight is 322 g/mol. The predicted octanol–water partition coefficient (Wildman–Crippen LogP) is 3.96. The van der Waals surface area contributed by atoms with Crippen LogP contribution in [-0.2, 0) is 37.7 Å². The SMILES string of the molecule is C=CCCC1CCCc2ccccc21.[C-]#[O+].[C-]#[O+].[C-]#[O+].[Cr]. The number of rotatable bonds is 3. The number of benzene rings is 1. The van der Waals surface area contributed by atoms with Crippen LogP contribution in [0.3, 0.4) is 0 Å². The molecule has 0 N–H and O–H groups in total. The van der Waals surface area contributed by atoms with Crippen molar-refractivity contribution in [2.45, 2.75) is 38.0 Å². The fraction of sp³-hybridized carbons (Fsp3) is 0.353. The molecule has 0 heterocycles. The van der Waals surface area contributed by atoms with Crippen LogP contribution in [0.25, 0.3) is 0 Å². The number of aryl methyl sites for hydroxylation is 1. The normalized spacial score (nSPS) is 13.7. The summed E-state index contributed by atoms with van der Waals surface area (Å²) in [5, 5.41) is 0. The summed E-state index contributed by atoms with van der Waals surface area (Å²) in [6.07, 6.45) is 8.47. The quantitative estimate of drug-likeness (QED) is 0.459. The molecule has 0 amide bonds. The minimum Gasteiger partial charge on any atom is 0 e. The zero-order chi connectivity index (χ0) is 15.8. The van der Waals surface area contributed by atoms with Crippen molar-refractivity contribution in [2.75, 3.05) is 0 Å². The van der Waals surface area contributed by atoms with Crippen molar-refractivity contribution < 1.29 is 31.3 Å². The molecule has 0 saturated carbocycles. The average Bonchev–Trinajstić information content (AvgIpc) is 2.58. The fourth-order valence-corrected chi connectivity index (χ4v) is 2.47. The van der Waals surface area contributed by atoms with E-state index in [1.807, 2.05) is 6.08 Å². The molecule has 21 heavy (non-hydrogen) atoms. The van der Waals surface area contributed by atoms with Gasteiger partial charge in [-0.05, 0) is 49.1 Å². The molecule has 0 fully saturated rings. The van der Waals surface area contributed by atoms with Crippen LogP contribution in [0.15, 0.2) is 36.9 Å². The molecule has 3 nitrogen and oxygen atoms in total. The van der Waals surface area contributed by atoms with E-state index in [1.54, 1.807) is 11.1 Å². The number of fused-ring (bicyclic) bond motifs is 1. The molecular formula is C17H18CrO3. The summed E-state index contributed by atoms with van der Waals surface area (Å²) >= 11 is 0. The molecule has 0 saturated heterocycles. The first-order valence-electron chi connectivity index (χ1n) is 6.21. The van der Waals surface area contributed by atoms with Crippen molar-refractivity contribution in [1.82, 2.24) is 0 Å². The zero-order valence-corrected chi connectivity index (χ0v) is 13.1. The second-order valence-corrected chi connectivity index (χ2v) is 4.15. The van der Waals surface area contributed by atoms with E-state index in [2.05, 4.69) is 50.8 Å². The van der Waals surface area contributed by atoms with Crippen LogP contribution in [0.5, 0.6) is 0 Å². The van der Waals surface area contributed by atoms with Crippen LogP contribution in [0.2, 0.25) is 0 Å². The summed E-state index contributed by atoms with van der Waals surface area (Å²) in [5.41, 5.74) is 3.17. The van der Waals surface area contributed by atoms with E-state index < -0.39 is 0 Å². The molecule has 0 aliphatic heterocycles. The van der Waals surface area contributed by atoms with Gasteiger partial charge in [0.25, 0.3) is 0 Å². The van der Waals surface area contributed by atoms with Gasteiger partial charge in [-0.3, -0.25) is 0 Å². The summed E-state index contributed by atoms with van der Waals surface area (Å²) in [5.74, 6) is 0.790. The van der Waals surface area contributed by atoms with E-state index in [1.165, 1.54) is 25.7 Å². The molecule has 0 aromatic heterocycles. The minimum atomic E-state index is 0.